The maximum atomic E-state index is 12.4. The topological polar surface area (TPSA) is 228 Å². The van der Waals surface area contributed by atoms with Gasteiger partial charge in [0.25, 0.3) is 11.1 Å². The fourth-order valence-electron chi connectivity index (χ4n) is 3.42. The Kier molecular flexibility index (Phi) is 5.86. The van der Waals surface area contributed by atoms with Gasteiger partial charge in [0, 0.05) is 11.8 Å². The second-order valence-corrected chi connectivity index (χ2v) is 8.81. The molecule has 1 saturated heterocycles. The molecule has 0 bridgehead atoms. The van der Waals surface area contributed by atoms with Crippen LogP contribution in [0.25, 0.3) is 11.2 Å². The van der Waals surface area contributed by atoms with Crippen LogP contribution < -0.4 is 21.4 Å². The lowest BCUT2D eigenvalue weighted by atomic mass is 10.1. The number of aromatic nitrogens is 5. The average molecular weight is 484 g/mol. The van der Waals surface area contributed by atoms with Gasteiger partial charge in [0.2, 0.25) is 5.95 Å². The number of fused-ring (bicyclic) bond motifs is 1. The van der Waals surface area contributed by atoms with E-state index in [1.165, 1.54) is 24.0 Å². The number of phosphoric acid groups is 1. The fourth-order valence-corrected chi connectivity index (χ4v) is 4.32. The molecule has 0 aromatic carbocycles. The van der Waals surface area contributed by atoms with E-state index >= 15 is 0 Å². The number of aliphatic hydroxyl groups excluding tert-OH is 2. The van der Waals surface area contributed by atoms with Crippen molar-refractivity contribution in [3.8, 4) is 5.75 Å². The molecule has 15 nitrogen and oxygen atoms in total. The molecule has 0 radical (unpaired) electrons. The largest absolute Gasteiger partial charge is 0.527 e. The van der Waals surface area contributed by atoms with Crippen LogP contribution in [0.5, 0.6) is 5.75 Å². The molecular formula is C17H21N6O9P. The molecule has 5 atom stereocenters. The zero-order valence-electron chi connectivity index (χ0n) is 17.3. The van der Waals surface area contributed by atoms with Crippen LogP contribution >= 0.6 is 7.82 Å². The van der Waals surface area contributed by atoms with E-state index in [2.05, 4.69) is 19.9 Å². The molecule has 1 aliphatic heterocycles. The van der Waals surface area contributed by atoms with Gasteiger partial charge in [0.1, 0.15) is 24.1 Å². The van der Waals surface area contributed by atoms with E-state index in [1.54, 1.807) is 6.92 Å². The third-order valence-corrected chi connectivity index (χ3v) is 6.02. The van der Waals surface area contributed by atoms with E-state index in [0.717, 1.165) is 0 Å². The number of imidazole rings is 1. The molecule has 4 heterocycles. The van der Waals surface area contributed by atoms with Crippen LogP contribution in [0.3, 0.4) is 0 Å². The molecule has 1 aliphatic rings. The maximum Gasteiger partial charge on any atom is 0.527 e. The number of hydrogen-bond acceptors (Lipinski definition) is 11. The summed E-state index contributed by atoms with van der Waals surface area (Å²) >= 11 is 0. The van der Waals surface area contributed by atoms with Gasteiger partial charge in [-0.3, -0.25) is 28.6 Å². The van der Waals surface area contributed by atoms with E-state index in [0.29, 0.717) is 5.56 Å². The summed E-state index contributed by atoms with van der Waals surface area (Å²) < 4.78 is 29.2. The zero-order valence-corrected chi connectivity index (χ0v) is 18.2. The molecule has 7 N–H and O–H groups in total. The molecule has 0 saturated carbocycles. The van der Waals surface area contributed by atoms with Crippen molar-refractivity contribution in [2.45, 2.75) is 38.4 Å². The molecule has 1 fully saturated rings. The van der Waals surface area contributed by atoms with E-state index in [4.69, 9.17) is 19.5 Å². The number of aromatic amines is 2. The summed E-state index contributed by atoms with van der Waals surface area (Å²) in [6, 6.07) is 0. The molecule has 178 valence electrons. The van der Waals surface area contributed by atoms with Crippen molar-refractivity contribution < 1.29 is 33.5 Å². The van der Waals surface area contributed by atoms with Crippen molar-refractivity contribution in [2.75, 3.05) is 12.3 Å². The number of nitrogens with two attached hydrogens (primary N) is 1. The highest BCUT2D eigenvalue weighted by molar-refractivity contribution is 7.47. The minimum absolute atomic E-state index is 0.00508. The van der Waals surface area contributed by atoms with Crippen molar-refractivity contribution in [1.29, 1.82) is 0 Å². The summed E-state index contributed by atoms with van der Waals surface area (Å²) in [6.45, 7) is 2.32. The standard InChI is InChI=1S/C17H21N6O9P/c1-6-3-19-14(26)7(2)12(6)32-33(28,29)30-4-8-10(24)11(25)16(31-8)23-5-20-9-13(23)21-17(18)22-15(9)27/h3,5,8,10-11,16,24-25H,4H2,1-2H3,(H,19,26)(H,28,29)(H3,18,21,22,27)/t8-,10-,11-,16-/m1/s1. The zero-order chi connectivity index (χ0) is 24.1. The predicted molar refractivity (Wildman–Crippen MR) is 111 cm³/mol. The Balaban J connectivity index is 1.50. The lowest BCUT2D eigenvalue weighted by molar-refractivity contribution is -0.0501. The highest BCUT2D eigenvalue weighted by atomic mass is 31.2. The van der Waals surface area contributed by atoms with Gasteiger partial charge in [-0.05, 0) is 13.8 Å². The van der Waals surface area contributed by atoms with Crippen molar-refractivity contribution >= 4 is 24.9 Å². The number of anilines is 1. The third-order valence-electron chi connectivity index (χ3n) is 5.13. The van der Waals surface area contributed by atoms with Gasteiger partial charge in [-0.1, -0.05) is 0 Å². The Hall–Kier alpha value is -3.07. The molecule has 0 spiro atoms. The van der Waals surface area contributed by atoms with Crippen LogP contribution in [-0.4, -0.2) is 64.5 Å². The van der Waals surface area contributed by atoms with Crippen LogP contribution in [0.2, 0.25) is 0 Å². The molecule has 16 heteroatoms. The Bertz CT molecular complexity index is 1370. The number of nitrogens with one attached hydrogen (secondary N) is 2. The molecule has 3 aromatic heterocycles. The van der Waals surface area contributed by atoms with Gasteiger partial charge in [-0.25, -0.2) is 9.55 Å². The molecule has 3 aromatic rings. The molecule has 0 amide bonds. The van der Waals surface area contributed by atoms with Crippen LogP contribution in [0, 0.1) is 13.8 Å². The number of aryl methyl sites for hydroxylation is 1. The van der Waals surface area contributed by atoms with Crippen LogP contribution in [0.4, 0.5) is 5.95 Å². The maximum absolute atomic E-state index is 12.4. The molecular weight excluding hydrogens is 463 g/mol. The number of nitrogen functional groups attached to an aromatic ring is 1. The average Bonchev–Trinajstić information content (AvgIpc) is 3.28. The monoisotopic (exact) mass is 484 g/mol. The Morgan fingerprint density at radius 1 is 1.27 bits per heavy atom. The molecule has 1 unspecified atom stereocenters. The number of nitrogens with zero attached hydrogens (tertiary/aromatic N) is 3. The SMILES string of the molecule is Cc1c[nH]c(=O)c(C)c1OP(=O)(O)OC[C@H]1O[C@@H](n2cnc3c(=O)[nH]c(N)nc32)[C@H](O)[C@@H]1O. The minimum atomic E-state index is -4.74. The summed E-state index contributed by atoms with van der Waals surface area (Å²) in [5.74, 6) is -0.306. The first-order chi connectivity index (χ1) is 15.5. The third kappa shape index (κ3) is 4.29. The Morgan fingerprint density at radius 2 is 2.00 bits per heavy atom. The highest BCUT2D eigenvalue weighted by Crippen LogP contribution is 2.46. The minimum Gasteiger partial charge on any atom is -0.403 e. The highest BCUT2D eigenvalue weighted by Gasteiger charge is 2.45. The Labute approximate surface area is 184 Å². The van der Waals surface area contributed by atoms with Crippen LogP contribution in [-0.2, 0) is 13.8 Å². The van der Waals surface area contributed by atoms with Gasteiger partial charge in [0.15, 0.2) is 17.4 Å². The normalized spacial score (nSPS) is 24.8. The number of aliphatic hydroxyl groups is 2. The molecule has 0 aliphatic carbocycles. The summed E-state index contributed by atoms with van der Waals surface area (Å²) in [7, 11) is -4.74. The molecule has 4 rings (SSSR count). The summed E-state index contributed by atoms with van der Waals surface area (Å²) in [4.78, 5) is 46.4. The van der Waals surface area contributed by atoms with Crippen molar-refractivity contribution in [3.05, 3.63) is 44.4 Å². The van der Waals surface area contributed by atoms with Gasteiger partial charge in [-0.15, -0.1) is 0 Å². The predicted octanol–water partition coefficient (Wildman–Crippen LogP) is -1.18. The van der Waals surface area contributed by atoms with Gasteiger partial charge < -0.3 is 30.2 Å². The quantitative estimate of drug-likeness (QED) is 0.227. The van der Waals surface area contributed by atoms with Crippen molar-refractivity contribution in [3.63, 3.8) is 0 Å². The van der Waals surface area contributed by atoms with Crippen LogP contribution in [0.1, 0.15) is 17.4 Å². The first-order valence-corrected chi connectivity index (χ1v) is 11.1. The second-order valence-electron chi connectivity index (χ2n) is 7.43. The summed E-state index contributed by atoms with van der Waals surface area (Å²) in [5, 5.41) is 20.8. The van der Waals surface area contributed by atoms with E-state index in [1.807, 2.05) is 0 Å². The van der Waals surface area contributed by atoms with Crippen molar-refractivity contribution in [2.24, 2.45) is 0 Å². The first-order valence-electron chi connectivity index (χ1n) is 9.58. The Morgan fingerprint density at radius 3 is 2.73 bits per heavy atom. The van der Waals surface area contributed by atoms with E-state index < -0.39 is 50.1 Å². The first kappa shape index (κ1) is 23.1. The number of pyridine rings is 1. The van der Waals surface area contributed by atoms with E-state index in [9.17, 15) is 29.3 Å². The lowest BCUT2D eigenvalue weighted by Gasteiger charge is -2.19. The van der Waals surface area contributed by atoms with Gasteiger partial charge in [0.05, 0.1) is 18.5 Å². The lowest BCUT2D eigenvalue weighted by Crippen LogP contribution is -2.33. The number of phosphoric ester groups is 1. The number of hydrogen-bond donors (Lipinski definition) is 6. The fraction of sp³-hybridized carbons (Fsp3) is 0.412. The molecule has 33 heavy (non-hydrogen) atoms. The number of ether oxygens (including phenoxy) is 1. The van der Waals surface area contributed by atoms with Gasteiger partial charge in [-0.2, -0.15) is 4.98 Å². The number of rotatable bonds is 6. The van der Waals surface area contributed by atoms with Crippen molar-refractivity contribution in [1.82, 2.24) is 24.5 Å². The summed E-state index contributed by atoms with van der Waals surface area (Å²) in [6.07, 6.45) is -3.06. The van der Waals surface area contributed by atoms with Gasteiger partial charge >= 0.3 is 7.82 Å². The number of H-pyrrole nitrogens is 2. The summed E-state index contributed by atoms with van der Waals surface area (Å²) in [5.41, 5.74) is 4.86. The van der Waals surface area contributed by atoms with Crippen LogP contribution in [0.15, 0.2) is 22.1 Å². The van der Waals surface area contributed by atoms with E-state index in [-0.39, 0.29) is 28.4 Å². The smallest absolute Gasteiger partial charge is 0.403 e. The second kappa shape index (κ2) is 8.37.